The number of carbonyl (C=O) groups excluding carboxylic acids is 1. The van der Waals surface area contributed by atoms with Gasteiger partial charge in [-0.2, -0.15) is 0 Å². The molecule has 1 aliphatic heterocycles. The van der Waals surface area contributed by atoms with Crippen LogP contribution < -0.4 is 5.32 Å². The molecule has 0 spiro atoms. The van der Waals surface area contributed by atoms with Crippen molar-refractivity contribution in [2.24, 2.45) is 0 Å². The third-order valence-corrected chi connectivity index (χ3v) is 13.9. The van der Waals surface area contributed by atoms with E-state index in [4.69, 9.17) is 9.47 Å². The molecule has 7 unspecified atom stereocenters. The van der Waals surface area contributed by atoms with Crippen molar-refractivity contribution in [3.05, 3.63) is 12.2 Å². The number of hydrogen-bond donors (Lipinski definition) is 6. The van der Waals surface area contributed by atoms with Crippen molar-refractivity contribution in [1.82, 2.24) is 5.32 Å². The molecule has 0 radical (unpaired) electrons. The second-order valence-electron chi connectivity index (χ2n) is 20.1. The predicted octanol–water partition coefficient (Wildman–Crippen LogP) is 13.6. The second kappa shape index (κ2) is 46.6. The Morgan fingerprint density at radius 3 is 1.20 bits per heavy atom. The molecule has 1 amide bonds. The van der Waals surface area contributed by atoms with Crippen molar-refractivity contribution in [2.75, 3.05) is 13.2 Å². The van der Waals surface area contributed by atoms with Gasteiger partial charge in [0.1, 0.15) is 24.4 Å². The van der Waals surface area contributed by atoms with Crippen molar-refractivity contribution >= 4 is 5.91 Å². The number of unbranched alkanes of at least 4 members (excludes halogenated alkanes) is 39. The number of amides is 1. The van der Waals surface area contributed by atoms with Crippen molar-refractivity contribution in [2.45, 2.75) is 326 Å². The van der Waals surface area contributed by atoms with E-state index in [0.717, 1.165) is 38.5 Å². The SMILES string of the molecule is CCCCCCCCCCCCCCCCCCCCCCCCCCCCCC/C=C/C(O)C(COC1OC(CO)C(O)C(O)C1O)NC(=O)CCCCCCCCCCCCCC. The molecule has 9 heteroatoms. The fraction of sp³-hybridized carbons (Fsp3) is 0.946. The minimum absolute atomic E-state index is 0.173. The standard InChI is InChI=1S/C56H109NO8/c1-3-5-7-9-11-13-15-17-18-19-20-21-22-23-24-25-26-27-28-29-30-31-32-33-34-35-37-39-41-43-45-50(59)49(48-64-56-55(63)54(62)53(61)51(47-58)65-56)57-52(60)46-44-42-40-38-36-16-14-12-10-8-6-4-2/h43,45,49-51,53-56,58-59,61-63H,3-42,44,46-48H2,1-2H3,(H,57,60)/b45-43+. The molecule has 9 nitrogen and oxygen atoms in total. The summed E-state index contributed by atoms with van der Waals surface area (Å²) in [6, 6.07) is -0.799. The third kappa shape index (κ3) is 36.6. The largest absolute Gasteiger partial charge is 0.394 e. The molecule has 65 heavy (non-hydrogen) atoms. The number of ether oxygens (including phenoxy) is 2. The van der Waals surface area contributed by atoms with Gasteiger partial charge in [0.15, 0.2) is 6.29 Å². The van der Waals surface area contributed by atoms with Crippen LogP contribution >= 0.6 is 0 Å². The van der Waals surface area contributed by atoms with E-state index in [9.17, 15) is 30.3 Å². The van der Waals surface area contributed by atoms with Crippen molar-refractivity contribution in [1.29, 1.82) is 0 Å². The summed E-state index contributed by atoms with van der Waals surface area (Å²) in [5, 5.41) is 54.4. The van der Waals surface area contributed by atoms with Crippen LogP contribution in [0.4, 0.5) is 0 Å². The Bertz CT molecular complexity index is 1030. The van der Waals surface area contributed by atoms with Crippen LogP contribution in [0, 0.1) is 0 Å². The predicted molar refractivity (Wildman–Crippen MR) is 272 cm³/mol. The fourth-order valence-electron chi connectivity index (χ4n) is 9.34. The van der Waals surface area contributed by atoms with Crippen LogP contribution in [0.1, 0.15) is 284 Å². The highest BCUT2D eigenvalue weighted by Crippen LogP contribution is 2.23. The van der Waals surface area contributed by atoms with E-state index in [1.54, 1.807) is 6.08 Å². The monoisotopic (exact) mass is 924 g/mol. The van der Waals surface area contributed by atoms with Crippen LogP contribution in [0.2, 0.25) is 0 Å². The molecular weight excluding hydrogens is 815 g/mol. The number of carbonyl (C=O) groups is 1. The van der Waals surface area contributed by atoms with Gasteiger partial charge in [-0.05, 0) is 19.3 Å². The van der Waals surface area contributed by atoms with E-state index >= 15 is 0 Å². The number of hydrogen-bond acceptors (Lipinski definition) is 8. The quantitative estimate of drug-likeness (QED) is 0.0261. The molecule has 0 aromatic carbocycles. The number of allylic oxidation sites excluding steroid dienone is 1. The molecule has 1 heterocycles. The number of rotatable bonds is 49. The highest BCUT2D eigenvalue weighted by Gasteiger charge is 2.44. The molecule has 0 aromatic rings. The summed E-state index contributed by atoms with van der Waals surface area (Å²) in [5.74, 6) is -0.173. The van der Waals surface area contributed by atoms with Gasteiger partial charge in [-0.3, -0.25) is 4.79 Å². The molecule has 1 aliphatic rings. The Kier molecular flexibility index (Phi) is 44.5. The molecule has 0 aromatic heterocycles. The van der Waals surface area contributed by atoms with E-state index in [1.165, 1.54) is 225 Å². The molecule has 0 bridgehead atoms. The number of nitrogens with one attached hydrogen (secondary N) is 1. The highest BCUT2D eigenvalue weighted by atomic mass is 16.7. The summed E-state index contributed by atoms with van der Waals surface area (Å²) < 4.78 is 11.2. The second-order valence-corrected chi connectivity index (χ2v) is 20.1. The summed E-state index contributed by atoms with van der Waals surface area (Å²) in [4.78, 5) is 13.0. The lowest BCUT2D eigenvalue weighted by molar-refractivity contribution is -0.302. The van der Waals surface area contributed by atoms with Crippen LogP contribution in [0.5, 0.6) is 0 Å². The van der Waals surface area contributed by atoms with Crippen LogP contribution in [0.15, 0.2) is 12.2 Å². The molecule has 7 atom stereocenters. The van der Waals surface area contributed by atoms with Gasteiger partial charge in [-0.15, -0.1) is 0 Å². The normalized spacial score (nSPS) is 19.9. The molecule has 0 saturated carbocycles. The zero-order valence-corrected chi connectivity index (χ0v) is 42.8. The minimum atomic E-state index is -1.56. The van der Waals surface area contributed by atoms with E-state index in [2.05, 4.69) is 19.2 Å². The van der Waals surface area contributed by atoms with Crippen molar-refractivity contribution < 1.29 is 39.8 Å². The number of aliphatic hydroxyl groups is 5. The first-order chi connectivity index (χ1) is 31.8. The highest BCUT2D eigenvalue weighted by molar-refractivity contribution is 5.76. The molecular formula is C56H109NO8. The zero-order chi connectivity index (χ0) is 47.3. The minimum Gasteiger partial charge on any atom is -0.394 e. The molecule has 1 rings (SSSR count). The average molecular weight is 924 g/mol. The maximum Gasteiger partial charge on any atom is 0.220 e. The first kappa shape index (κ1) is 61.9. The van der Waals surface area contributed by atoms with E-state index in [0.29, 0.717) is 6.42 Å². The lowest BCUT2D eigenvalue weighted by Crippen LogP contribution is -2.60. The van der Waals surface area contributed by atoms with Crippen LogP contribution in [-0.4, -0.2) is 87.5 Å². The van der Waals surface area contributed by atoms with E-state index in [1.807, 2.05) is 6.08 Å². The van der Waals surface area contributed by atoms with Crippen molar-refractivity contribution in [3.8, 4) is 0 Å². The Labute approximate surface area is 401 Å². The van der Waals surface area contributed by atoms with Gasteiger partial charge in [-0.1, -0.05) is 270 Å². The lowest BCUT2D eigenvalue weighted by Gasteiger charge is -2.40. The van der Waals surface area contributed by atoms with Gasteiger partial charge in [0.05, 0.1) is 25.4 Å². The summed E-state index contributed by atoms with van der Waals surface area (Å²) in [5.41, 5.74) is 0. The Hall–Kier alpha value is -1.07. The number of aliphatic hydroxyl groups excluding tert-OH is 5. The zero-order valence-electron chi connectivity index (χ0n) is 42.8. The lowest BCUT2D eigenvalue weighted by atomic mass is 9.99. The van der Waals surface area contributed by atoms with Crippen LogP contribution in [0.3, 0.4) is 0 Å². The maximum absolute atomic E-state index is 13.0. The Balaban J connectivity index is 2.14. The van der Waals surface area contributed by atoms with Crippen LogP contribution in [0.25, 0.3) is 0 Å². The van der Waals surface area contributed by atoms with Gasteiger partial charge < -0.3 is 40.3 Å². The Morgan fingerprint density at radius 1 is 0.508 bits per heavy atom. The molecule has 6 N–H and O–H groups in total. The third-order valence-electron chi connectivity index (χ3n) is 13.9. The topological polar surface area (TPSA) is 149 Å². The van der Waals surface area contributed by atoms with Gasteiger partial charge in [0.25, 0.3) is 0 Å². The average Bonchev–Trinajstić information content (AvgIpc) is 3.31. The molecule has 0 aliphatic carbocycles. The maximum atomic E-state index is 13.0. The van der Waals surface area contributed by atoms with Gasteiger partial charge in [0, 0.05) is 6.42 Å². The summed E-state index contributed by atoms with van der Waals surface area (Å²) in [7, 11) is 0. The molecule has 1 saturated heterocycles. The van der Waals surface area contributed by atoms with E-state index in [-0.39, 0.29) is 12.5 Å². The smallest absolute Gasteiger partial charge is 0.220 e. The van der Waals surface area contributed by atoms with Gasteiger partial charge in [-0.25, -0.2) is 0 Å². The summed E-state index contributed by atoms with van der Waals surface area (Å²) in [6.45, 7) is 3.80. The van der Waals surface area contributed by atoms with Crippen LogP contribution in [-0.2, 0) is 14.3 Å². The first-order valence-electron chi connectivity index (χ1n) is 28.4. The molecule has 1 fully saturated rings. The fourth-order valence-corrected chi connectivity index (χ4v) is 9.34. The van der Waals surface area contributed by atoms with E-state index < -0.39 is 49.5 Å². The Morgan fingerprint density at radius 2 is 0.846 bits per heavy atom. The van der Waals surface area contributed by atoms with Gasteiger partial charge >= 0.3 is 0 Å². The van der Waals surface area contributed by atoms with Crippen molar-refractivity contribution in [3.63, 3.8) is 0 Å². The van der Waals surface area contributed by atoms with Gasteiger partial charge in [0.2, 0.25) is 5.91 Å². The first-order valence-corrected chi connectivity index (χ1v) is 28.4. The summed E-state index contributed by atoms with van der Waals surface area (Å²) in [6.07, 6.45) is 50.1. The summed E-state index contributed by atoms with van der Waals surface area (Å²) >= 11 is 0. The molecule has 386 valence electrons.